The van der Waals surface area contributed by atoms with Crippen LogP contribution < -0.4 is 5.32 Å². The van der Waals surface area contributed by atoms with Gasteiger partial charge < -0.3 is 5.32 Å². The van der Waals surface area contributed by atoms with Gasteiger partial charge in [0.1, 0.15) is 4.90 Å². The Hall–Kier alpha value is -2.25. The summed E-state index contributed by atoms with van der Waals surface area (Å²) < 4.78 is 26.9. The van der Waals surface area contributed by atoms with Crippen LogP contribution in [0, 0.1) is 13.8 Å². The van der Waals surface area contributed by atoms with Gasteiger partial charge in [0, 0.05) is 24.1 Å². The maximum atomic E-state index is 12.8. The van der Waals surface area contributed by atoms with Gasteiger partial charge in [0.25, 0.3) is 0 Å². The molecule has 0 aliphatic heterocycles. The number of aromatic nitrogens is 1. The van der Waals surface area contributed by atoms with E-state index in [1.807, 2.05) is 32.0 Å². The quantitative estimate of drug-likeness (QED) is 0.859. The van der Waals surface area contributed by atoms with Gasteiger partial charge in [-0.05, 0) is 56.0 Å². The van der Waals surface area contributed by atoms with E-state index in [-0.39, 0.29) is 23.4 Å². The second-order valence-corrected chi connectivity index (χ2v) is 8.16. The molecule has 7 heteroatoms. The molecule has 1 aliphatic carbocycles. The van der Waals surface area contributed by atoms with Crippen molar-refractivity contribution in [2.75, 3.05) is 11.9 Å². The van der Waals surface area contributed by atoms with Crippen LogP contribution in [0.25, 0.3) is 0 Å². The van der Waals surface area contributed by atoms with Crippen molar-refractivity contribution in [1.82, 2.24) is 9.29 Å². The number of aryl methyl sites for hydroxylation is 1. The number of nitrogens with one attached hydrogen (secondary N) is 1. The minimum Gasteiger partial charge on any atom is -0.325 e. The highest BCUT2D eigenvalue weighted by molar-refractivity contribution is 7.89. The Morgan fingerprint density at radius 1 is 1.24 bits per heavy atom. The zero-order valence-corrected chi connectivity index (χ0v) is 15.1. The average Bonchev–Trinajstić information content (AvgIpc) is 3.42. The Kier molecular flexibility index (Phi) is 4.87. The molecule has 1 heterocycles. The highest BCUT2D eigenvalue weighted by Crippen LogP contribution is 2.31. The second kappa shape index (κ2) is 6.93. The van der Waals surface area contributed by atoms with Crippen LogP contribution in [-0.4, -0.2) is 36.2 Å². The van der Waals surface area contributed by atoms with Crippen LogP contribution in [0.15, 0.2) is 47.6 Å². The first-order chi connectivity index (χ1) is 11.9. The number of hydrogen-bond acceptors (Lipinski definition) is 4. The van der Waals surface area contributed by atoms with Crippen LogP contribution in [-0.2, 0) is 14.8 Å². The molecule has 1 fully saturated rings. The van der Waals surface area contributed by atoms with Gasteiger partial charge in [0.05, 0.1) is 6.54 Å². The molecule has 2 aromatic rings. The van der Waals surface area contributed by atoms with Gasteiger partial charge in [-0.25, -0.2) is 8.42 Å². The van der Waals surface area contributed by atoms with Crippen molar-refractivity contribution >= 4 is 21.6 Å². The number of rotatable bonds is 6. The summed E-state index contributed by atoms with van der Waals surface area (Å²) >= 11 is 0. The summed E-state index contributed by atoms with van der Waals surface area (Å²) in [7, 11) is -3.73. The molecular weight excluding hydrogens is 338 g/mol. The molecular formula is C18H21N3O3S. The highest BCUT2D eigenvalue weighted by Gasteiger charge is 2.39. The predicted molar refractivity (Wildman–Crippen MR) is 95.7 cm³/mol. The maximum Gasteiger partial charge on any atom is 0.245 e. The Bertz CT molecular complexity index is 878. The minimum absolute atomic E-state index is 0.112. The lowest BCUT2D eigenvalue weighted by Crippen LogP contribution is -2.39. The van der Waals surface area contributed by atoms with E-state index in [4.69, 9.17) is 0 Å². The van der Waals surface area contributed by atoms with Crippen molar-refractivity contribution in [3.63, 3.8) is 0 Å². The molecule has 3 rings (SSSR count). The van der Waals surface area contributed by atoms with E-state index < -0.39 is 10.0 Å². The molecule has 0 bridgehead atoms. The zero-order valence-electron chi connectivity index (χ0n) is 14.3. The Morgan fingerprint density at radius 3 is 2.64 bits per heavy atom. The van der Waals surface area contributed by atoms with Gasteiger partial charge in [0.2, 0.25) is 15.9 Å². The van der Waals surface area contributed by atoms with Gasteiger partial charge in [-0.2, -0.15) is 4.31 Å². The number of carbonyl (C=O) groups excluding carboxylic acids is 1. The first kappa shape index (κ1) is 17.6. The van der Waals surface area contributed by atoms with E-state index in [0.29, 0.717) is 5.69 Å². The monoisotopic (exact) mass is 359 g/mol. The van der Waals surface area contributed by atoms with E-state index in [1.165, 1.54) is 22.8 Å². The number of benzene rings is 1. The summed E-state index contributed by atoms with van der Waals surface area (Å²) in [5.41, 5.74) is 2.75. The Morgan fingerprint density at radius 2 is 2.00 bits per heavy atom. The molecule has 0 atom stereocenters. The fraction of sp³-hybridized carbons (Fsp3) is 0.333. The van der Waals surface area contributed by atoms with Crippen molar-refractivity contribution in [3.05, 3.63) is 53.9 Å². The fourth-order valence-electron chi connectivity index (χ4n) is 2.63. The molecule has 1 aliphatic rings. The summed E-state index contributed by atoms with van der Waals surface area (Å²) in [4.78, 5) is 16.5. The normalized spacial score (nSPS) is 14.5. The predicted octanol–water partition coefficient (Wildman–Crippen LogP) is 2.49. The molecule has 0 unspecified atom stereocenters. The van der Waals surface area contributed by atoms with Crippen LogP contribution >= 0.6 is 0 Å². The van der Waals surface area contributed by atoms with E-state index >= 15 is 0 Å². The summed E-state index contributed by atoms with van der Waals surface area (Å²) in [6.07, 6.45) is 4.38. The van der Waals surface area contributed by atoms with Gasteiger partial charge in [-0.1, -0.05) is 12.1 Å². The maximum absolute atomic E-state index is 12.8. The first-order valence-corrected chi connectivity index (χ1v) is 9.61. The lowest BCUT2D eigenvalue weighted by molar-refractivity contribution is -0.116. The van der Waals surface area contributed by atoms with Crippen LogP contribution in [0.4, 0.5) is 5.69 Å². The number of sulfonamides is 1. The molecule has 1 aromatic heterocycles. The summed E-state index contributed by atoms with van der Waals surface area (Å²) in [6.45, 7) is 3.69. The van der Waals surface area contributed by atoms with Crippen LogP contribution in [0.5, 0.6) is 0 Å². The van der Waals surface area contributed by atoms with E-state index in [0.717, 1.165) is 24.0 Å². The van der Waals surface area contributed by atoms with Crippen LogP contribution in [0.1, 0.15) is 24.0 Å². The smallest absolute Gasteiger partial charge is 0.245 e. The number of anilines is 1. The third-order valence-corrected chi connectivity index (χ3v) is 6.26. The third kappa shape index (κ3) is 3.88. The number of pyridine rings is 1. The minimum atomic E-state index is -3.73. The topological polar surface area (TPSA) is 79.4 Å². The highest BCUT2D eigenvalue weighted by atomic mass is 32.2. The molecule has 132 valence electrons. The zero-order chi connectivity index (χ0) is 18.0. The first-order valence-electron chi connectivity index (χ1n) is 8.17. The number of nitrogens with zero attached hydrogens (tertiary/aromatic N) is 2. The summed E-state index contributed by atoms with van der Waals surface area (Å²) in [5.74, 6) is -0.340. The van der Waals surface area contributed by atoms with Gasteiger partial charge in [0.15, 0.2) is 0 Å². The molecule has 0 spiro atoms. The fourth-order valence-corrected chi connectivity index (χ4v) is 4.23. The van der Waals surface area contributed by atoms with Crippen molar-refractivity contribution < 1.29 is 13.2 Å². The Balaban J connectivity index is 1.79. The number of hydrogen-bond donors (Lipinski definition) is 1. The van der Waals surface area contributed by atoms with Crippen molar-refractivity contribution in [2.45, 2.75) is 37.6 Å². The van der Waals surface area contributed by atoms with Crippen molar-refractivity contribution in [2.24, 2.45) is 0 Å². The third-order valence-electron chi connectivity index (χ3n) is 4.37. The largest absolute Gasteiger partial charge is 0.325 e. The van der Waals surface area contributed by atoms with E-state index in [1.54, 1.807) is 6.07 Å². The molecule has 0 saturated heterocycles. The molecule has 1 N–H and O–H groups in total. The standard InChI is InChI=1S/C18H21N3O3S/c1-13-5-3-7-17(14(13)2)20-18(22)12-21(15-8-9-15)25(23,24)16-6-4-10-19-11-16/h3-7,10-11,15H,8-9,12H2,1-2H3,(H,20,22). The molecule has 1 aromatic carbocycles. The molecule has 25 heavy (non-hydrogen) atoms. The SMILES string of the molecule is Cc1cccc(NC(=O)CN(C2CC2)S(=O)(=O)c2cccnc2)c1C. The lowest BCUT2D eigenvalue weighted by Gasteiger charge is -2.21. The van der Waals surface area contributed by atoms with Gasteiger partial charge in [-0.3, -0.25) is 9.78 Å². The van der Waals surface area contributed by atoms with Gasteiger partial charge >= 0.3 is 0 Å². The van der Waals surface area contributed by atoms with Crippen molar-refractivity contribution in [3.8, 4) is 0 Å². The van der Waals surface area contributed by atoms with Crippen LogP contribution in [0.2, 0.25) is 0 Å². The van der Waals surface area contributed by atoms with E-state index in [9.17, 15) is 13.2 Å². The average molecular weight is 359 g/mol. The molecule has 0 radical (unpaired) electrons. The van der Waals surface area contributed by atoms with Crippen LogP contribution in [0.3, 0.4) is 0 Å². The summed E-state index contributed by atoms with van der Waals surface area (Å²) in [6, 6.07) is 8.61. The van der Waals surface area contributed by atoms with Gasteiger partial charge in [-0.15, -0.1) is 0 Å². The van der Waals surface area contributed by atoms with Crippen molar-refractivity contribution in [1.29, 1.82) is 0 Å². The molecule has 1 saturated carbocycles. The second-order valence-electron chi connectivity index (χ2n) is 6.27. The number of amides is 1. The lowest BCUT2D eigenvalue weighted by atomic mass is 10.1. The molecule has 1 amide bonds. The Labute approximate surface area is 147 Å². The molecule has 6 nitrogen and oxygen atoms in total. The summed E-state index contributed by atoms with van der Waals surface area (Å²) in [5, 5.41) is 2.83. The number of carbonyl (C=O) groups is 1. The van der Waals surface area contributed by atoms with E-state index in [2.05, 4.69) is 10.3 Å².